The molecule has 112 valence electrons. The van der Waals surface area contributed by atoms with Gasteiger partial charge in [-0.3, -0.25) is 9.67 Å². The first-order valence-electron chi connectivity index (χ1n) is 7.05. The van der Waals surface area contributed by atoms with E-state index < -0.39 is 0 Å². The normalized spacial score (nSPS) is 10.6. The molecule has 22 heavy (non-hydrogen) atoms. The molecule has 0 radical (unpaired) electrons. The average Bonchev–Trinajstić information content (AvgIpc) is 2.90. The maximum Gasteiger partial charge on any atom is 0.200 e. The van der Waals surface area contributed by atoms with Crippen LogP contribution in [0.3, 0.4) is 0 Å². The first-order valence-corrected chi connectivity index (χ1v) is 7.45. The number of hydrogen-bond acceptors (Lipinski definition) is 3. The van der Waals surface area contributed by atoms with E-state index in [1.807, 2.05) is 41.0 Å². The number of aryl methyl sites for hydroxylation is 1. The number of aromatic nitrogens is 3. The molecule has 0 unspecified atom stereocenters. The SMILES string of the molecule is COc1ccccc1-n1c(Cc2ccccc2C)n[nH]c1=S. The predicted octanol–water partition coefficient (Wildman–Crippen LogP) is 3.84. The second-order valence-electron chi connectivity index (χ2n) is 5.06. The van der Waals surface area contributed by atoms with Crippen LogP contribution in [0.1, 0.15) is 17.0 Å². The Morgan fingerprint density at radius 3 is 2.64 bits per heavy atom. The van der Waals surface area contributed by atoms with E-state index in [0.717, 1.165) is 17.3 Å². The number of ether oxygens (including phenoxy) is 1. The van der Waals surface area contributed by atoms with E-state index in [9.17, 15) is 0 Å². The van der Waals surface area contributed by atoms with Crippen LogP contribution in [0.2, 0.25) is 0 Å². The van der Waals surface area contributed by atoms with Crippen molar-refractivity contribution >= 4 is 12.2 Å². The lowest BCUT2D eigenvalue weighted by atomic mass is 10.1. The van der Waals surface area contributed by atoms with Crippen LogP contribution >= 0.6 is 12.2 Å². The smallest absolute Gasteiger partial charge is 0.200 e. The van der Waals surface area contributed by atoms with E-state index in [1.54, 1.807) is 7.11 Å². The summed E-state index contributed by atoms with van der Waals surface area (Å²) in [7, 11) is 1.66. The van der Waals surface area contributed by atoms with Gasteiger partial charge in [0.1, 0.15) is 11.6 Å². The quantitative estimate of drug-likeness (QED) is 0.745. The molecule has 4 nitrogen and oxygen atoms in total. The van der Waals surface area contributed by atoms with Crippen LogP contribution in [0.4, 0.5) is 0 Å². The Hall–Kier alpha value is -2.40. The minimum absolute atomic E-state index is 0.563. The van der Waals surface area contributed by atoms with E-state index in [1.165, 1.54) is 11.1 Å². The predicted molar refractivity (Wildman–Crippen MR) is 89.3 cm³/mol. The van der Waals surface area contributed by atoms with Crippen molar-refractivity contribution in [3.05, 3.63) is 70.3 Å². The highest BCUT2D eigenvalue weighted by Gasteiger charge is 2.13. The Balaban J connectivity index is 2.09. The molecule has 0 amide bonds. The van der Waals surface area contributed by atoms with Crippen molar-refractivity contribution in [2.24, 2.45) is 0 Å². The number of benzene rings is 2. The van der Waals surface area contributed by atoms with Crippen molar-refractivity contribution in [3.63, 3.8) is 0 Å². The van der Waals surface area contributed by atoms with Crippen molar-refractivity contribution in [2.45, 2.75) is 13.3 Å². The molecule has 0 saturated heterocycles. The van der Waals surface area contributed by atoms with Gasteiger partial charge in [-0.25, -0.2) is 0 Å². The fraction of sp³-hybridized carbons (Fsp3) is 0.176. The summed E-state index contributed by atoms with van der Waals surface area (Å²) in [5, 5.41) is 7.28. The van der Waals surface area contributed by atoms with Crippen molar-refractivity contribution in [3.8, 4) is 11.4 Å². The molecule has 0 fully saturated rings. The highest BCUT2D eigenvalue weighted by Crippen LogP contribution is 2.24. The summed E-state index contributed by atoms with van der Waals surface area (Å²) in [4.78, 5) is 0. The zero-order chi connectivity index (χ0) is 15.5. The minimum atomic E-state index is 0.563. The van der Waals surface area contributed by atoms with Gasteiger partial charge < -0.3 is 4.74 Å². The van der Waals surface area contributed by atoms with Crippen LogP contribution in [0.5, 0.6) is 5.75 Å². The maximum absolute atomic E-state index is 5.44. The van der Waals surface area contributed by atoms with Gasteiger partial charge in [0.05, 0.1) is 12.8 Å². The van der Waals surface area contributed by atoms with Gasteiger partial charge in [-0.2, -0.15) is 5.10 Å². The van der Waals surface area contributed by atoms with Crippen LogP contribution in [0.25, 0.3) is 5.69 Å². The van der Waals surface area contributed by atoms with Crippen LogP contribution in [-0.2, 0) is 6.42 Å². The number of methoxy groups -OCH3 is 1. The van der Waals surface area contributed by atoms with E-state index in [0.29, 0.717) is 11.2 Å². The van der Waals surface area contributed by atoms with Crippen molar-refractivity contribution in [1.29, 1.82) is 0 Å². The zero-order valence-corrected chi connectivity index (χ0v) is 13.4. The Kier molecular flexibility index (Phi) is 4.06. The first kappa shape index (κ1) is 14.5. The molecule has 1 aromatic heterocycles. The first-order chi connectivity index (χ1) is 10.7. The summed E-state index contributed by atoms with van der Waals surface area (Å²) in [6.07, 6.45) is 0.706. The monoisotopic (exact) mass is 311 g/mol. The lowest BCUT2D eigenvalue weighted by Gasteiger charge is -2.12. The maximum atomic E-state index is 5.44. The second kappa shape index (κ2) is 6.15. The van der Waals surface area contributed by atoms with Gasteiger partial charge in [0.25, 0.3) is 0 Å². The van der Waals surface area contributed by atoms with Gasteiger partial charge in [0.2, 0.25) is 0 Å². The molecule has 0 aliphatic heterocycles. The Bertz CT molecular complexity index is 851. The summed E-state index contributed by atoms with van der Waals surface area (Å²) in [5.74, 6) is 1.63. The topological polar surface area (TPSA) is 42.8 Å². The number of para-hydroxylation sites is 2. The molecule has 5 heteroatoms. The Morgan fingerprint density at radius 2 is 1.86 bits per heavy atom. The lowest BCUT2D eigenvalue weighted by Crippen LogP contribution is -2.05. The molecular weight excluding hydrogens is 294 g/mol. The van der Waals surface area contributed by atoms with Crippen LogP contribution in [0, 0.1) is 11.7 Å². The molecule has 0 bridgehead atoms. The van der Waals surface area contributed by atoms with Gasteiger partial charge in [-0.1, -0.05) is 36.4 Å². The van der Waals surface area contributed by atoms with Crippen LogP contribution in [-0.4, -0.2) is 21.9 Å². The fourth-order valence-electron chi connectivity index (χ4n) is 2.49. The molecule has 0 aliphatic rings. The number of nitrogens with one attached hydrogen (secondary N) is 1. The third-order valence-corrected chi connectivity index (χ3v) is 3.95. The van der Waals surface area contributed by atoms with E-state index >= 15 is 0 Å². The van der Waals surface area contributed by atoms with Gasteiger partial charge in [-0.15, -0.1) is 0 Å². The third kappa shape index (κ3) is 2.67. The van der Waals surface area contributed by atoms with Gasteiger partial charge in [-0.05, 0) is 42.4 Å². The van der Waals surface area contributed by atoms with Crippen molar-refractivity contribution < 1.29 is 4.74 Å². The summed E-state index contributed by atoms with van der Waals surface area (Å²) in [6, 6.07) is 16.1. The molecule has 0 spiro atoms. The average molecular weight is 311 g/mol. The molecule has 3 aromatic rings. The van der Waals surface area contributed by atoms with Gasteiger partial charge in [0.15, 0.2) is 4.77 Å². The van der Waals surface area contributed by atoms with Crippen molar-refractivity contribution in [2.75, 3.05) is 7.11 Å². The minimum Gasteiger partial charge on any atom is -0.495 e. The molecule has 0 aliphatic carbocycles. The summed E-state index contributed by atoms with van der Waals surface area (Å²) < 4.78 is 7.94. The molecule has 2 aromatic carbocycles. The number of nitrogens with zero attached hydrogens (tertiary/aromatic N) is 2. The zero-order valence-electron chi connectivity index (χ0n) is 12.5. The Labute approximate surface area is 134 Å². The standard InChI is InChI=1S/C17H17N3OS/c1-12-7-3-4-8-13(12)11-16-18-19-17(22)20(16)14-9-5-6-10-15(14)21-2/h3-10H,11H2,1-2H3,(H,19,22). The highest BCUT2D eigenvalue weighted by atomic mass is 32.1. The van der Waals surface area contributed by atoms with Crippen LogP contribution < -0.4 is 4.74 Å². The van der Waals surface area contributed by atoms with Crippen molar-refractivity contribution in [1.82, 2.24) is 14.8 Å². The lowest BCUT2D eigenvalue weighted by molar-refractivity contribution is 0.412. The van der Waals surface area contributed by atoms with Gasteiger partial charge in [0, 0.05) is 6.42 Å². The second-order valence-corrected chi connectivity index (χ2v) is 5.44. The molecule has 3 rings (SSSR count). The molecule has 0 saturated carbocycles. The molecular formula is C17H17N3OS. The van der Waals surface area contributed by atoms with Gasteiger partial charge >= 0.3 is 0 Å². The molecule has 0 atom stereocenters. The summed E-state index contributed by atoms with van der Waals surface area (Å²) in [5.41, 5.74) is 3.36. The number of H-pyrrole nitrogens is 1. The summed E-state index contributed by atoms with van der Waals surface area (Å²) in [6.45, 7) is 2.10. The number of aromatic amines is 1. The fourth-order valence-corrected chi connectivity index (χ4v) is 2.74. The third-order valence-electron chi connectivity index (χ3n) is 3.68. The Morgan fingerprint density at radius 1 is 1.14 bits per heavy atom. The highest BCUT2D eigenvalue weighted by molar-refractivity contribution is 7.71. The summed E-state index contributed by atoms with van der Waals surface area (Å²) >= 11 is 5.40. The van der Waals surface area contributed by atoms with E-state index in [-0.39, 0.29) is 0 Å². The van der Waals surface area contributed by atoms with Crippen LogP contribution in [0.15, 0.2) is 48.5 Å². The molecule has 1 N–H and O–H groups in total. The molecule has 1 heterocycles. The number of rotatable bonds is 4. The van der Waals surface area contributed by atoms with E-state index in [2.05, 4.69) is 29.3 Å². The number of hydrogen-bond donors (Lipinski definition) is 1. The van der Waals surface area contributed by atoms with E-state index in [4.69, 9.17) is 17.0 Å². The largest absolute Gasteiger partial charge is 0.495 e.